The van der Waals surface area contributed by atoms with Gasteiger partial charge in [0.15, 0.2) is 0 Å². The summed E-state index contributed by atoms with van der Waals surface area (Å²) in [5.41, 5.74) is 0.958. The van der Waals surface area contributed by atoms with Crippen LogP contribution in [0.5, 0.6) is 0 Å². The van der Waals surface area contributed by atoms with Gasteiger partial charge in [-0.15, -0.1) is 0 Å². The first-order valence-electron chi connectivity index (χ1n) is 1.28. The molecule has 0 amide bonds. The van der Waals surface area contributed by atoms with E-state index in [1.165, 1.54) is 0 Å². The van der Waals surface area contributed by atoms with Crippen molar-refractivity contribution in [3.63, 3.8) is 0 Å². The van der Waals surface area contributed by atoms with Gasteiger partial charge >= 0.3 is 28.2 Å². The van der Waals surface area contributed by atoms with Crippen molar-refractivity contribution in [2.75, 3.05) is 0 Å². The van der Waals surface area contributed by atoms with Crippen molar-refractivity contribution < 1.29 is 23.1 Å². The van der Waals surface area contributed by atoms with E-state index in [4.69, 9.17) is 5.21 Å². The summed E-state index contributed by atoms with van der Waals surface area (Å²) in [6, 6.07) is 0. The van der Waals surface area contributed by atoms with E-state index in [1.807, 2.05) is 0 Å². The third-order valence-corrected chi connectivity index (χ3v) is 0.0481. The predicted molar refractivity (Wildman–Crippen MR) is 21.0 cm³/mol. The topological polar surface area (TPSA) is 84.4 Å². The fourth-order valence-electron chi connectivity index (χ4n) is 0. The van der Waals surface area contributed by atoms with Crippen molar-refractivity contribution in [1.29, 1.82) is 0 Å². The zero-order valence-corrected chi connectivity index (χ0v) is 6.72. The normalized spacial score (nSPS) is 5.71. The molecule has 0 heterocycles. The van der Waals surface area contributed by atoms with Crippen LogP contribution in [0.2, 0.25) is 0 Å². The number of nitrogens with zero attached hydrogens (tertiary/aromatic N) is 1. The van der Waals surface area contributed by atoms with Crippen LogP contribution >= 0.6 is 0 Å². The first kappa shape index (κ1) is 10.1. The van der Waals surface area contributed by atoms with Crippen LogP contribution in [0.1, 0.15) is 0 Å². The van der Waals surface area contributed by atoms with Gasteiger partial charge in [0.2, 0.25) is 0 Å². The molecule has 0 fully saturated rings. The molecule has 0 aliphatic carbocycles. The van der Waals surface area contributed by atoms with Crippen molar-refractivity contribution in [3.05, 3.63) is 5.21 Å². The van der Waals surface area contributed by atoms with Gasteiger partial charge in [-0.1, -0.05) is 0 Å². The Morgan fingerprint density at radius 2 is 2.14 bits per heavy atom. The number of rotatable bonds is 1. The van der Waals surface area contributed by atoms with Crippen LogP contribution in [0, 0.1) is 5.21 Å². The summed E-state index contributed by atoms with van der Waals surface area (Å²) >= 11 is 0.958. The molecule has 0 radical (unpaired) electrons. The van der Waals surface area contributed by atoms with Crippen LogP contribution < -0.4 is 14.9 Å². The van der Waals surface area contributed by atoms with Crippen LogP contribution in [-0.4, -0.2) is 6.72 Å². The Morgan fingerprint density at radius 1 is 2.00 bits per heavy atom. The van der Waals surface area contributed by atoms with Crippen LogP contribution in [0.25, 0.3) is 0 Å². The van der Waals surface area contributed by atoms with E-state index < -0.39 is 0 Å². The zero-order valence-electron chi connectivity index (χ0n) is 3.76. The van der Waals surface area contributed by atoms with Crippen LogP contribution in [0.15, 0.2) is 0 Å². The molecule has 0 saturated heterocycles. The molecule has 0 rings (SSSR count). The van der Waals surface area contributed by atoms with Gasteiger partial charge in [0, 0.05) is 0 Å². The molecule has 0 saturated carbocycles. The van der Waals surface area contributed by atoms with Crippen LogP contribution in [0.3, 0.4) is 0 Å². The van der Waals surface area contributed by atoms with Gasteiger partial charge in [0.05, 0.1) is 0 Å². The summed E-state index contributed by atoms with van der Waals surface area (Å²) in [7, 11) is 0. The Hall–Kier alpha value is 0.0434. The monoisotopic (exact) mass is 155 g/mol. The summed E-state index contributed by atoms with van der Waals surface area (Å²) in [6.07, 6.45) is 0. The van der Waals surface area contributed by atoms with Gasteiger partial charge in [-0.05, 0) is 0 Å². The van der Waals surface area contributed by atoms with E-state index in [-0.39, 0.29) is 0 Å². The minimum atomic E-state index is 0.958. The Balaban J connectivity index is 0. The second kappa shape index (κ2) is 16.6. The molecule has 5 nitrogen and oxygen atoms in total. The molecule has 0 atom stereocenters. The van der Waals surface area contributed by atoms with Crippen molar-refractivity contribution >= 4 is 6.72 Å². The van der Waals surface area contributed by atoms with Crippen molar-refractivity contribution in [2.24, 2.45) is 5.90 Å². The molecular weight excluding hydrogens is 151 g/mol. The third kappa shape index (κ3) is 90.8. The van der Waals surface area contributed by atoms with Crippen LogP contribution in [-0.2, 0) is 23.1 Å². The maximum atomic E-state index is 8.70. The smallest absolute Gasteiger partial charge is 0.197 e. The summed E-state index contributed by atoms with van der Waals surface area (Å²) in [4.78, 5) is 3.24. The molecule has 0 aliphatic rings. The van der Waals surface area contributed by atoms with Gasteiger partial charge in [0.1, 0.15) is 0 Å². The first-order chi connectivity index (χ1) is 3.33. The predicted octanol–water partition coefficient (Wildman–Crippen LogP) is -1.64. The van der Waals surface area contributed by atoms with Gasteiger partial charge < -0.3 is 5.21 Å². The van der Waals surface area contributed by atoms with Gasteiger partial charge in [-0.25, -0.2) is 4.94 Å². The molecule has 0 aromatic rings. The number of hydrogen-bond acceptors (Lipinski definition) is 4. The maximum Gasteiger partial charge on any atom is -0.197 e. The quantitative estimate of drug-likeness (QED) is 0.206. The van der Waals surface area contributed by atoms with Crippen molar-refractivity contribution in [3.8, 4) is 0 Å². The Morgan fingerprint density at radius 3 is 2.14 bits per heavy atom. The van der Waals surface area contributed by atoms with E-state index in [9.17, 15) is 0 Å². The second-order valence-corrected chi connectivity index (χ2v) is 1.36. The molecule has 0 bridgehead atoms. The van der Waals surface area contributed by atoms with E-state index in [1.54, 1.807) is 0 Å². The Bertz CT molecular complexity index is 48.9. The summed E-state index contributed by atoms with van der Waals surface area (Å²) in [5.74, 6) is 4.10. The molecule has 0 unspecified atom stereocenters. The number of hydrogen-bond donors (Lipinski definition) is 2. The second-order valence-electron chi connectivity index (χ2n) is 0.425. The first-order valence-corrected chi connectivity index (χ1v) is 2.60. The Labute approximate surface area is 50.6 Å². The van der Waals surface area contributed by atoms with E-state index in [2.05, 4.69) is 20.9 Å². The molecule has 3 N–H and O–H groups in total. The number of nitrogens with two attached hydrogens (primary N) is 1. The van der Waals surface area contributed by atoms with Crippen LogP contribution in [0.4, 0.5) is 0 Å². The summed E-state index contributed by atoms with van der Waals surface area (Å²) in [5, 5.41) is 8.70. The zero-order chi connectivity index (χ0) is 6.12. The summed E-state index contributed by atoms with van der Waals surface area (Å²) < 4.78 is 3.38. The standard InChI is InChI=1S/CH2N.H3N2O2.Zn/c1-2;1-4-2-3;/h1H2;2H,1H2;/q2*-1;+2. The average Bonchev–Trinajstić information content (AvgIpc) is 1.69. The molecule has 7 heavy (non-hydrogen) atoms. The van der Waals surface area contributed by atoms with E-state index in [0.29, 0.717) is 0 Å². The largest absolute Gasteiger partial charge is 0.763 e. The van der Waals surface area contributed by atoms with Gasteiger partial charge in [-0.3, -0.25) is 5.64 Å². The molecule has 0 aromatic heterocycles. The molecule has 6 heteroatoms. The number of nitrogens with one attached hydrogen (secondary N) is 1. The fraction of sp³-hybridized carbons (Fsp3) is 0. The third-order valence-electron chi connectivity index (χ3n) is 0.0481. The SMILES string of the molecule is C=[N+]=[Zn].NON[O-]. The van der Waals surface area contributed by atoms with Gasteiger partial charge in [-0.2, -0.15) is 5.90 Å². The summed E-state index contributed by atoms with van der Waals surface area (Å²) in [6.45, 7) is 3.17. The molecule has 0 aromatic carbocycles. The molecule has 0 aliphatic heterocycles. The fourth-order valence-corrected chi connectivity index (χ4v) is 0. The van der Waals surface area contributed by atoms with Gasteiger partial charge in [0.25, 0.3) is 0 Å². The molecule has 0 spiro atoms. The Kier molecular flexibility index (Phi) is 24.0. The average molecular weight is 156 g/mol. The maximum absolute atomic E-state index is 8.70. The van der Waals surface area contributed by atoms with Crippen molar-refractivity contribution in [1.82, 2.24) is 9.00 Å². The minimum Gasteiger partial charge on any atom is -0.763 e. The van der Waals surface area contributed by atoms with E-state index in [0.717, 1.165) is 23.8 Å². The van der Waals surface area contributed by atoms with Crippen molar-refractivity contribution in [2.45, 2.75) is 0 Å². The van der Waals surface area contributed by atoms with E-state index >= 15 is 0 Å². The minimum absolute atomic E-state index is 0.958. The molecule has 38 valence electrons. The molecular formula is CH5N3O2Zn.